The van der Waals surface area contributed by atoms with Crippen LogP contribution in [0, 0.1) is 0 Å². The van der Waals surface area contributed by atoms with Crippen molar-refractivity contribution in [1.29, 1.82) is 0 Å². The first-order chi connectivity index (χ1) is 12.2. The van der Waals surface area contributed by atoms with E-state index in [1.807, 2.05) is 6.92 Å². The van der Waals surface area contributed by atoms with Crippen LogP contribution >= 0.6 is 11.8 Å². The zero-order chi connectivity index (χ0) is 19.1. The molecular weight excluding hydrogens is 367 g/mol. The molecule has 0 spiro atoms. The average molecular weight is 383 g/mol. The highest BCUT2D eigenvalue weighted by Gasteiger charge is 2.39. The molecule has 2 aromatic rings. The van der Waals surface area contributed by atoms with Crippen molar-refractivity contribution in [3.05, 3.63) is 51.3 Å². The van der Waals surface area contributed by atoms with Gasteiger partial charge >= 0.3 is 6.18 Å². The number of carbonyl (C=O) groups is 1. The van der Waals surface area contributed by atoms with Crippen LogP contribution in [0.4, 0.5) is 19.0 Å². The Morgan fingerprint density at radius 2 is 2.00 bits per heavy atom. The lowest BCUT2D eigenvalue weighted by Gasteiger charge is -2.29. The zero-order valence-electron chi connectivity index (χ0n) is 14.1. The number of hydrogen-bond acceptors (Lipinski definition) is 4. The molecule has 0 fully saturated rings. The lowest BCUT2D eigenvalue weighted by Crippen LogP contribution is -2.34. The molecule has 0 saturated carbocycles. The van der Waals surface area contributed by atoms with Crippen LogP contribution in [0.1, 0.15) is 36.0 Å². The largest absolute Gasteiger partial charge is 0.416 e. The second-order valence-corrected chi connectivity index (χ2v) is 7.07. The summed E-state index contributed by atoms with van der Waals surface area (Å²) in [4.78, 5) is 28.8. The quantitative estimate of drug-likeness (QED) is 0.652. The molecule has 1 N–H and O–H groups in total. The van der Waals surface area contributed by atoms with Crippen LogP contribution in [0.3, 0.4) is 0 Å². The fourth-order valence-corrected chi connectivity index (χ4v) is 3.81. The van der Waals surface area contributed by atoms with Gasteiger partial charge in [0.1, 0.15) is 5.82 Å². The Bertz CT molecular complexity index is 924. The van der Waals surface area contributed by atoms with E-state index in [1.54, 1.807) is 11.6 Å². The zero-order valence-corrected chi connectivity index (χ0v) is 14.9. The van der Waals surface area contributed by atoms with Crippen molar-refractivity contribution in [2.45, 2.75) is 30.6 Å². The van der Waals surface area contributed by atoms with Crippen molar-refractivity contribution >= 4 is 23.5 Å². The lowest BCUT2D eigenvalue weighted by molar-refractivity contribution is -0.138. The van der Waals surface area contributed by atoms with Gasteiger partial charge in [0.15, 0.2) is 5.16 Å². The van der Waals surface area contributed by atoms with Crippen LogP contribution < -0.4 is 10.9 Å². The minimum atomic E-state index is -4.58. The fraction of sp³-hybridized carbons (Fsp3) is 0.353. The maximum Gasteiger partial charge on any atom is 0.416 e. The van der Waals surface area contributed by atoms with Crippen LogP contribution in [0.25, 0.3) is 0 Å². The summed E-state index contributed by atoms with van der Waals surface area (Å²) in [6.07, 6.45) is -4.82. The van der Waals surface area contributed by atoms with Gasteiger partial charge in [-0.25, -0.2) is 0 Å². The highest BCUT2D eigenvalue weighted by atomic mass is 32.2. The van der Waals surface area contributed by atoms with Gasteiger partial charge < -0.3 is 9.88 Å². The molecule has 1 aromatic heterocycles. The molecule has 26 heavy (non-hydrogen) atoms. The van der Waals surface area contributed by atoms with Crippen molar-refractivity contribution < 1.29 is 18.0 Å². The Morgan fingerprint density at radius 1 is 1.31 bits per heavy atom. The van der Waals surface area contributed by atoms with E-state index in [-0.39, 0.29) is 23.4 Å². The number of aromatic nitrogens is 2. The number of nitrogens with zero attached hydrogens (tertiary/aromatic N) is 2. The first-order valence-electron chi connectivity index (χ1n) is 7.93. The van der Waals surface area contributed by atoms with E-state index >= 15 is 0 Å². The minimum absolute atomic E-state index is 0.0873. The highest BCUT2D eigenvalue weighted by molar-refractivity contribution is 7.99. The van der Waals surface area contributed by atoms with Gasteiger partial charge in [0, 0.05) is 19.4 Å². The summed E-state index contributed by atoms with van der Waals surface area (Å²) < 4.78 is 41.8. The third-order valence-corrected chi connectivity index (χ3v) is 5.13. The van der Waals surface area contributed by atoms with Crippen molar-refractivity contribution in [3.63, 3.8) is 0 Å². The van der Waals surface area contributed by atoms with E-state index in [9.17, 15) is 22.8 Å². The van der Waals surface area contributed by atoms with Crippen molar-refractivity contribution in [1.82, 2.24) is 9.55 Å². The SMILES string of the molecule is CCSc1nc(=O)c2c(n1C)NC(=O)C[C@@H]2c1ccccc1C(F)(F)F. The molecule has 1 aromatic carbocycles. The molecular formula is C17H16F3N3O2S. The van der Waals surface area contributed by atoms with Crippen molar-refractivity contribution in [2.75, 3.05) is 11.1 Å². The van der Waals surface area contributed by atoms with Crippen LogP contribution in [0.15, 0.2) is 34.2 Å². The maximum absolute atomic E-state index is 13.4. The van der Waals surface area contributed by atoms with Crippen molar-refractivity contribution in [2.24, 2.45) is 7.05 Å². The molecule has 5 nitrogen and oxygen atoms in total. The number of nitrogens with one attached hydrogen (secondary N) is 1. The Kier molecular flexibility index (Phi) is 4.83. The van der Waals surface area contributed by atoms with Gasteiger partial charge in [0.2, 0.25) is 5.91 Å². The van der Waals surface area contributed by atoms with Gasteiger partial charge in [-0.3, -0.25) is 9.59 Å². The summed E-state index contributed by atoms with van der Waals surface area (Å²) in [6.45, 7) is 1.89. The third kappa shape index (κ3) is 3.23. The molecule has 138 valence electrons. The summed E-state index contributed by atoms with van der Waals surface area (Å²) in [7, 11) is 1.63. The first-order valence-corrected chi connectivity index (χ1v) is 8.92. The Balaban J connectivity index is 2.25. The predicted molar refractivity (Wildman–Crippen MR) is 92.4 cm³/mol. The summed E-state index contributed by atoms with van der Waals surface area (Å²) in [5.74, 6) is -0.566. The van der Waals surface area contributed by atoms with Crippen LogP contribution in [-0.2, 0) is 18.0 Å². The summed E-state index contributed by atoms with van der Waals surface area (Å²) >= 11 is 1.32. The molecule has 1 amide bonds. The number of alkyl halides is 3. The summed E-state index contributed by atoms with van der Waals surface area (Å²) in [6, 6.07) is 5.02. The molecule has 0 aliphatic carbocycles. The number of halogens is 3. The smallest absolute Gasteiger partial charge is 0.312 e. The predicted octanol–water partition coefficient (Wildman–Crippen LogP) is 3.39. The number of thioether (sulfide) groups is 1. The lowest BCUT2D eigenvalue weighted by atomic mass is 9.84. The second kappa shape index (κ2) is 6.79. The molecule has 1 aliphatic heterocycles. The van der Waals surface area contributed by atoms with Gasteiger partial charge in [-0.05, 0) is 17.4 Å². The number of hydrogen-bond donors (Lipinski definition) is 1. The maximum atomic E-state index is 13.4. The number of benzene rings is 1. The normalized spacial score (nSPS) is 17.0. The molecule has 2 heterocycles. The number of amides is 1. The Labute approximate surface area is 151 Å². The monoisotopic (exact) mass is 383 g/mol. The van der Waals surface area contributed by atoms with Crippen molar-refractivity contribution in [3.8, 4) is 0 Å². The molecule has 0 unspecified atom stereocenters. The molecule has 3 rings (SSSR count). The Hall–Kier alpha value is -2.29. The van der Waals surface area contributed by atoms with Gasteiger partial charge in [-0.1, -0.05) is 36.9 Å². The van der Waals surface area contributed by atoms with Gasteiger partial charge in [-0.15, -0.1) is 0 Å². The third-order valence-electron chi connectivity index (χ3n) is 4.22. The topological polar surface area (TPSA) is 64.0 Å². The average Bonchev–Trinajstić information content (AvgIpc) is 2.58. The summed E-state index contributed by atoms with van der Waals surface area (Å²) in [5, 5.41) is 3.02. The molecule has 0 bridgehead atoms. The number of rotatable bonds is 3. The highest BCUT2D eigenvalue weighted by Crippen LogP contribution is 2.41. The minimum Gasteiger partial charge on any atom is -0.312 e. The van der Waals surface area contributed by atoms with E-state index in [1.165, 1.54) is 30.0 Å². The van der Waals surface area contributed by atoms with Gasteiger partial charge in [0.05, 0.1) is 11.1 Å². The molecule has 1 aliphatic rings. The standard InChI is InChI=1S/C17H16F3N3O2S/c1-3-26-16-22-15(25)13-10(8-12(24)21-14(13)23(16)2)9-6-4-5-7-11(9)17(18,19)20/h4-7,10H,3,8H2,1-2H3,(H,21,24)/t10-/m1/s1. The van der Waals surface area contributed by atoms with E-state index in [0.717, 1.165) is 6.07 Å². The number of carbonyl (C=O) groups excluding carboxylic acids is 1. The number of fused-ring (bicyclic) bond motifs is 1. The first kappa shape index (κ1) is 18.5. The van der Waals surface area contributed by atoms with E-state index < -0.39 is 29.1 Å². The van der Waals surface area contributed by atoms with Gasteiger partial charge in [-0.2, -0.15) is 18.2 Å². The molecule has 0 radical (unpaired) electrons. The molecule has 9 heteroatoms. The van der Waals surface area contributed by atoms with Gasteiger partial charge in [0.25, 0.3) is 5.56 Å². The van der Waals surface area contributed by atoms with Crippen LogP contribution in [0.5, 0.6) is 0 Å². The Morgan fingerprint density at radius 3 is 2.65 bits per heavy atom. The van der Waals surface area contributed by atoms with E-state index in [2.05, 4.69) is 10.3 Å². The molecule has 0 saturated heterocycles. The van der Waals surface area contributed by atoms with Crippen LogP contribution in [0.2, 0.25) is 0 Å². The number of anilines is 1. The van der Waals surface area contributed by atoms with E-state index in [0.29, 0.717) is 10.9 Å². The summed E-state index contributed by atoms with van der Waals surface area (Å²) in [5.41, 5.74) is -1.47. The molecule has 1 atom stereocenters. The van der Waals surface area contributed by atoms with Crippen LogP contribution in [-0.4, -0.2) is 21.2 Å². The fourth-order valence-electron chi connectivity index (χ4n) is 3.12. The second-order valence-electron chi connectivity index (χ2n) is 5.84. The van der Waals surface area contributed by atoms with E-state index in [4.69, 9.17) is 0 Å².